The molecule has 2 N–H and O–H groups in total. The van der Waals surface area contributed by atoms with E-state index in [1.54, 1.807) is 0 Å². The Kier molecular flexibility index (Phi) is 6.59. The van der Waals surface area contributed by atoms with Crippen molar-refractivity contribution in [2.45, 2.75) is 26.2 Å². The Hall–Kier alpha value is -1.88. The monoisotopic (exact) mass is 318 g/mol. The van der Waals surface area contributed by atoms with Crippen LogP contribution in [0.25, 0.3) is 0 Å². The van der Waals surface area contributed by atoms with E-state index in [-0.39, 0.29) is 23.7 Å². The Balaban J connectivity index is 2.00. The maximum Gasteiger partial charge on any atom is 0.306 e. The number of likely N-dealkylation sites (tertiary alicyclic amines) is 1. The first-order valence-electron chi connectivity index (χ1n) is 8.35. The molecule has 126 valence electrons. The summed E-state index contributed by atoms with van der Waals surface area (Å²) in [6.45, 7) is 4.13. The van der Waals surface area contributed by atoms with Crippen LogP contribution in [-0.2, 0) is 9.53 Å². The van der Waals surface area contributed by atoms with Gasteiger partial charge in [0, 0.05) is 25.1 Å². The largest absolute Gasteiger partial charge is 0.466 e. The first kappa shape index (κ1) is 17.5. The van der Waals surface area contributed by atoms with Gasteiger partial charge in [0.25, 0.3) is 5.91 Å². The van der Waals surface area contributed by atoms with Crippen LogP contribution in [0.4, 0.5) is 0 Å². The maximum absolute atomic E-state index is 12.6. The number of carbonyl (C=O) groups excluding carboxylic acids is 2. The number of amides is 1. The lowest BCUT2D eigenvalue weighted by Crippen LogP contribution is -2.45. The average molecular weight is 318 g/mol. The zero-order chi connectivity index (χ0) is 16.7. The van der Waals surface area contributed by atoms with Crippen LogP contribution in [-0.4, -0.2) is 43.0 Å². The zero-order valence-corrected chi connectivity index (χ0v) is 13.7. The summed E-state index contributed by atoms with van der Waals surface area (Å²) < 4.78 is 5.06. The van der Waals surface area contributed by atoms with Gasteiger partial charge in [-0.1, -0.05) is 18.2 Å². The minimum atomic E-state index is -0.151. The molecule has 1 saturated heterocycles. The molecule has 1 aliphatic heterocycles. The first-order chi connectivity index (χ1) is 11.2. The molecule has 1 heterocycles. The van der Waals surface area contributed by atoms with E-state index in [2.05, 4.69) is 0 Å². The lowest BCUT2D eigenvalue weighted by atomic mass is 9.81. The third-order valence-electron chi connectivity index (χ3n) is 4.47. The number of ether oxygens (including phenoxy) is 1. The summed E-state index contributed by atoms with van der Waals surface area (Å²) in [6, 6.07) is 9.33. The first-order valence-corrected chi connectivity index (χ1v) is 8.35. The SMILES string of the molecule is CCOC(=O)CC1CCN(C(=O)c2ccccc2)CC1CCN. The number of rotatable bonds is 6. The van der Waals surface area contributed by atoms with E-state index in [4.69, 9.17) is 10.5 Å². The molecule has 23 heavy (non-hydrogen) atoms. The van der Waals surface area contributed by atoms with E-state index in [1.165, 1.54) is 0 Å². The molecule has 5 heteroatoms. The normalized spacial score (nSPS) is 21.0. The van der Waals surface area contributed by atoms with Crippen LogP contribution in [0.3, 0.4) is 0 Å². The Morgan fingerprint density at radius 1 is 1.26 bits per heavy atom. The summed E-state index contributed by atoms with van der Waals surface area (Å²) in [6.07, 6.45) is 2.07. The molecule has 0 saturated carbocycles. The third kappa shape index (κ3) is 4.79. The second-order valence-electron chi connectivity index (χ2n) is 6.01. The number of hydrogen-bond acceptors (Lipinski definition) is 4. The predicted octanol–water partition coefficient (Wildman–Crippen LogP) is 2.07. The number of esters is 1. The standard InChI is InChI=1S/C18H26N2O3/c1-2-23-17(21)12-15-9-11-20(13-16(15)8-10-19)18(22)14-6-4-3-5-7-14/h3-7,15-16H,2,8-13,19H2,1H3. The van der Waals surface area contributed by atoms with Crippen LogP contribution >= 0.6 is 0 Å². The molecule has 0 radical (unpaired) electrons. The van der Waals surface area contributed by atoms with Gasteiger partial charge < -0.3 is 15.4 Å². The van der Waals surface area contributed by atoms with E-state index in [9.17, 15) is 9.59 Å². The molecule has 1 aliphatic rings. The number of benzene rings is 1. The highest BCUT2D eigenvalue weighted by Gasteiger charge is 2.32. The van der Waals surface area contributed by atoms with Crippen molar-refractivity contribution in [1.82, 2.24) is 4.90 Å². The number of nitrogens with zero attached hydrogens (tertiary/aromatic N) is 1. The molecule has 0 bridgehead atoms. The highest BCUT2D eigenvalue weighted by atomic mass is 16.5. The van der Waals surface area contributed by atoms with Gasteiger partial charge >= 0.3 is 5.97 Å². The molecule has 0 aromatic heterocycles. The minimum Gasteiger partial charge on any atom is -0.466 e. The highest BCUT2D eigenvalue weighted by molar-refractivity contribution is 5.94. The second kappa shape index (κ2) is 8.67. The van der Waals surface area contributed by atoms with Crippen molar-refractivity contribution in [3.8, 4) is 0 Å². The van der Waals surface area contributed by atoms with Crippen LogP contribution in [0.1, 0.15) is 36.5 Å². The molecule has 2 unspecified atom stereocenters. The number of carbonyl (C=O) groups is 2. The van der Waals surface area contributed by atoms with Crippen LogP contribution in [0, 0.1) is 11.8 Å². The quantitative estimate of drug-likeness (QED) is 0.815. The van der Waals surface area contributed by atoms with Gasteiger partial charge in [0.2, 0.25) is 0 Å². The Labute approximate surface area is 137 Å². The summed E-state index contributed by atoms with van der Waals surface area (Å²) in [5, 5.41) is 0. The fourth-order valence-corrected chi connectivity index (χ4v) is 3.27. The third-order valence-corrected chi connectivity index (χ3v) is 4.47. The number of hydrogen-bond donors (Lipinski definition) is 1. The average Bonchev–Trinajstić information content (AvgIpc) is 2.57. The van der Waals surface area contributed by atoms with Crippen LogP contribution in [0.2, 0.25) is 0 Å². The van der Waals surface area contributed by atoms with Gasteiger partial charge in [0.15, 0.2) is 0 Å². The molecule has 0 spiro atoms. The Bertz CT molecular complexity index is 518. The van der Waals surface area contributed by atoms with E-state index >= 15 is 0 Å². The fourth-order valence-electron chi connectivity index (χ4n) is 3.27. The topological polar surface area (TPSA) is 72.6 Å². The smallest absolute Gasteiger partial charge is 0.306 e. The molecule has 2 rings (SSSR count). The number of piperidine rings is 1. The van der Waals surface area contributed by atoms with Crippen LogP contribution < -0.4 is 5.73 Å². The van der Waals surface area contributed by atoms with E-state index in [0.717, 1.165) is 12.8 Å². The summed E-state index contributed by atoms with van der Waals surface area (Å²) in [5.74, 6) is 0.410. The lowest BCUT2D eigenvalue weighted by Gasteiger charge is -2.38. The van der Waals surface area contributed by atoms with Gasteiger partial charge in [-0.05, 0) is 50.3 Å². The summed E-state index contributed by atoms with van der Waals surface area (Å²) in [7, 11) is 0. The molecule has 2 atom stereocenters. The highest BCUT2D eigenvalue weighted by Crippen LogP contribution is 2.30. The van der Waals surface area contributed by atoms with Crippen LogP contribution in [0.5, 0.6) is 0 Å². The van der Waals surface area contributed by atoms with Crippen molar-refractivity contribution < 1.29 is 14.3 Å². The minimum absolute atomic E-state index is 0.0576. The second-order valence-corrected chi connectivity index (χ2v) is 6.01. The summed E-state index contributed by atoms with van der Waals surface area (Å²) >= 11 is 0. The van der Waals surface area contributed by atoms with Gasteiger partial charge in [0.1, 0.15) is 0 Å². The van der Waals surface area contributed by atoms with Crippen molar-refractivity contribution >= 4 is 11.9 Å². The molecular weight excluding hydrogens is 292 g/mol. The van der Waals surface area contributed by atoms with Gasteiger partial charge in [-0.15, -0.1) is 0 Å². The Morgan fingerprint density at radius 2 is 2.00 bits per heavy atom. The van der Waals surface area contributed by atoms with Gasteiger partial charge in [-0.25, -0.2) is 0 Å². The van der Waals surface area contributed by atoms with Crippen LogP contribution in [0.15, 0.2) is 30.3 Å². The van der Waals surface area contributed by atoms with E-state index in [0.29, 0.717) is 38.2 Å². The van der Waals surface area contributed by atoms with Crippen molar-refractivity contribution in [2.24, 2.45) is 17.6 Å². The lowest BCUT2D eigenvalue weighted by molar-refractivity contribution is -0.145. The Morgan fingerprint density at radius 3 is 2.65 bits per heavy atom. The maximum atomic E-state index is 12.6. The van der Waals surface area contributed by atoms with Gasteiger partial charge in [-0.3, -0.25) is 9.59 Å². The fraction of sp³-hybridized carbons (Fsp3) is 0.556. The van der Waals surface area contributed by atoms with Gasteiger partial charge in [-0.2, -0.15) is 0 Å². The molecular formula is C18H26N2O3. The van der Waals surface area contributed by atoms with Crippen molar-refractivity contribution in [1.29, 1.82) is 0 Å². The molecule has 1 aromatic carbocycles. The summed E-state index contributed by atoms with van der Waals surface area (Å²) in [4.78, 5) is 26.2. The summed E-state index contributed by atoms with van der Waals surface area (Å²) in [5.41, 5.74) is 6.44. The molecule has 1 fully saturated rings. The van der Waals surface area contributed by atoms with E-state index in [1.807, 2.05) is 42.2 Å². The molecule has 1 amide bonds. The molecule has 0 aliphatic carbocycles. The predicted molar refractivity (Wildman–Crippen MR) is 88.9 cm³/mol. The molecule has 5 nitrogen and oxygen atoms in total. The van der Waals surface area contributed by atoms with E-state index < -0.39 is 0 Å². The zero-order valence-electron chi connectivity index (χ0n) is 13.7. The van der Waals surface area contributed by atoms with Crippen molar-refractivity contribution in [3.63, 3.8) is 0 Å². The molecule has 1 aromatic rings. The number of nitrogens with two attached hydrogens (primary N) is 1. The van der Waals surface area contributed by atoms with Crippen molar-refractivity contribution in [3.05, 3.63) is 35.9 Å². The van der Waals surface area contributed by atoms with Crippen molar-refractivity contribution in [2.75, 3.05) is 26.2 Å². The van der Waals surface area contributed by atoms with Gasteiger partial charge in [0.05, 0.1) is 6.61 Å².